The molecule has 0 radical (unpaired) electrons. The van der Waals surface area contributed by atoms with Gasteiger partial charge in [-0.15, -0.1) is 0 Å². The number of benzene rings is 1. The number of amides is 1. The van der Waals surface area contributed by atoms with Gasteiger partial charge >= 0.3 is 6.18 Å². The Balaban J connectivity index is 1.77. The van der Waals surface area contributed by atoms with Gasteiger partial charge in [-0.05, 0) is 29.8 Å². The summed E-state index contributed by atoms with van der Waals surface area (Å²) >= 11 is 0. The van der Waals surface area contributed by atoms with Crippen LogP contribution in [0.5, 0.6) is 0 Å². The molecule has 128 valence electrons. The van der Waals surface area contributed by atoms with Crippen LogP contribution in [-0.2, 0) is 12.7 Å². The number of carbonyl (C=O) groups is 1. The van der Waals surface area contributed by atoms with Gasteiger partial charge in [0.2, 0.25) is 0 Å². The zero-order valence-electron chi connectivity index (χ0n) is 12.7. The topological polar surface area (TPSA) is 68.0 Å². The molecule has 25 heavy (non-hydrogen) atoms. The van der Waals surface area contributed by atoms with E-state index in [1.807, 2.05) is 0 Å². The normalized spacial score (nSPS) is 11.3. The Morgan fingerprint density at radius 1 is 1.08 bits per heavy atom. The van der Waals surface area contributed by atoms with Gasteiger partial charge in [-0.3, -0.25) is 9.78 Å². The van der Waals surface area contributed by atoms with E-state index in [4.69, 9.17) is 4.42 Å². The van der Waals surface area contributed by atoms with Crippen molar-refractivity contribution in [1.82, 2.24) is 15.3 Å². The molecule has 0 saturated carbocycles. The van der Waals surface area contributed by atoms with Crippen LogP contribution in [0.15, 0.2) is 59.6 Å². The van der Waals surface area contributed by atoms with Crippen molar-refractivity contribution < 1.29 is 22.4 Å². The molecule has 0 atom stereocenters. The summed E-state index contributed by atoms with van der Waals surface area (Å²) in [5.41, 5.74) is 0.413. The van der Waals surface area contributed by atoms with E-state index < -0.39 is 17.6 Å². The van der Waals surface area contributed by atoms with Crippen molar-refractivity contribution in [3.05, 3.63) is 72.0 Å². The van der Waals surface area contributed by atoms with E-state index in [0.717, 1.165) is 24.1 Å². The number of carbonyl (C=O) groups excluding carboxylic acids is 1. The zero-order valence-corrected chi connectivity index (χ0v) is 12.7. The van der Waals surface area contributed by atoms with Crippen molar-refractivity contribution in [2.24, 2.45) is 0 Å². The Labute approximate surface area is 140 Å². The number of hydrogen-bond acceptors (Lipinski definition) is 4. The van der Waals surface area contributed by atoms with Crippen LogP contribution >= 0.6 is 0 Å². The van der Waals surface area contributed by atoms with Crippen LogP contribution < -0.4 is 5.32 Å². The second-order valence-electron chi connectivity index (χ2n) is 5.14. The second-order valence-corrected chi connectivity index (χ2v) is 5.14. The molecule has 1 amide bonds. The molecule has 2 heterocycles. The van der Waals surface area contributed by atoms with Crippen molar-refractivity contribution in [2.45, 2.75) is 12.7 Å². The van der Waals surface area contributed by atoms with Crippen LogP contribution in [-0.4, -0.2) is 15.9 Å². The predicted molar refractivity (Wildman–Crippen MR) is 82.3 cm³/mol. The molecule has 0 bridgehead atoms. The van der Waals surface area contributed by atoms with Gasteiger partial charge < -0.3 is 9.73 Å². The maximum atomic E-state index is 12.6. The number of halogens is 3. The van der Waals surface area contributed by atoms with Crippen LogP contribution in [0, 0.1) is 0 Å². The van der Waals surface area contributed by atoms with Crippen molar-refractivity contribution in [3.63, 3.8) is 0 Å². The predicted octanol–water partition coefficient (Wildman–Crippen LogP) is 3.69. The molecular weight excluding hydrogens is 335 g/mol. The summed E-state index contributed by atoms with van der Waals surface area (Å²) in [5, 5.41) is 2.68. The molecule has 1 N–H and O–H groups in total. The summed E-state index contributed by atoms with van der Waals surface area (Å²) < 4.78 is 43.1. The number of nitrogens with zero attached hydrogens (tertiary/aromatic N) is 2. The Hall–Kier alpha value is -3.16. The lowest BCUT2D eigenvalue weighted by Gasteiger charge is -2.07. The van der Waals surface area contributed by atoms with Gasteiger partial charge in [0.1, 0.15) is 0 Å². The molecule has 0 unspecified atom stereocenters. The first-order valence-corrected chi connectivity index (χ1v) is 7.23. The van der Waals surface area contributed by atoms with Crippen molar-refractivity contribution in [1.29, 1.82) is 0 Å². The summed E-state index contributed by atoms with van der Waals surface area (Å²) in [6, 6.07) is 7.83. The van der Waals surface area contributed by atoms with E-state index in [1.54, 1.807) is 24.5 Å². The van der Waals surface area contributed by atoms with E-state index in [0.29, 0.717) is 5.56 Å². The second kappa shape index (κ2) is 6.76. The minimum absolute atomic E-state index is 0.00816. The molecule has 0 aliphatic carbocycles. The number of nitrogens with one attached hydrogen (secondary N) is 1. The molecule has 3 aromatic rings. The van der Waals surface area contributed by atoms with Crippen LogP contribution in [0.1, 0.15) is 21.6 Å². The summed E-state index contributed by atoms with van der Waals surface area (Å²) in [6.07, 6.45) is -0.143. The lowest BCUT2D eigenvalue weighted by molar-refractivity contribution is -0.137. The third-order valence-corrected chi connectivity index (χ3v) is 3.46. The third kappa shape index (κ3) is 3.85. The number of alkyl halides is 3. The summed E-state index contributed by atoms with van der Waals surface area (Å²) in [4.78, 5) is 20.0. The van der Waals surface area contributed by atoms with E-state index in [9.17, 15) is 18.0 Å². The van der Waals surface area contributed by atoms with Crippen LogP contribution in [0.4, 0.5) is 13.2 Å². The quantitative estimate of drug-likeness (QED) is 0.782. The molecule has 0 aliphatic rings. The highest BCUT2D eigenvalue weighted by Gasteiger charge is 2.30. The van der Waals surface area contributed by atoms with E-state index >= 15 is 0 Å². The fraction of sp³-hybridized carbons (Fsp3) is 0.118. The molecule has 1 aromatic carbocycles. The van der Waals surface area contributed by atoms with Gasteiger partial charge in [0.05, 0.1) is 5.56 Å². The molecule has 0 aliphatic heterocycles. The summed E-state index contributed by atoms with van der Waals surface area (Å²) in [7, 11) is 0. The molecule has 0 fully saturated rings. The highest BCUT2D eigenvalue weighted by molar-refractivity contribution is 5.97. The molecule has 2 aromatic heterocycles. The van der Waals surface area contributed by atoms with Gasteiger partial charge in [-0.1, -0.05) is 12.1 Å². The van der Waals surface area contributed by atoms with Crippen molar-refractivity contribution in [2.75, 3.05) is 0 Å². The van der Waals surface area contributed by atoms with Crippen LogP contribution in [0.2, 0.25) is 0 Å². The smallest absolute Gasteiger partial charge is 0.416 e. The molecule has 5 nitrogen and oxygen atoms in total. The van der Waals surface area contributed by atoms with Gasteiger partial charge in [0, 0.05) is 24.5 Å². The molecule has 8 heteroatoms. The van der Waals surface area contributed by atoms with Crippen molar-refractivity contribution in [3.8, 4) is 11.3 Å². The van der Waals surface area contributed by atoms with E-state index in [2.05, 4.69) is 15.3 Å². The van der Waals surface area contributed by atoms with Crippen molar-refractivity contribution >= 4 is 5.91 Å². The average Bonchev–Trinajstić information content (AvgIpc) is 3.10. The summed E-state index contributed by atoms with van der Waals surface area (Å²) in [6.45, 7) is 0.265. The van der Waals surface area contributed by atoms with Gasteiger partial charge in [-0.25, -0.2) is 4.98 Å². The Morgan fingerprint density at radius 2 is 1.76 bits per heavy atom. The van der Waals surface area contributed by atoms with Crippen LogP contribution in [0.3, 0.4) is 0 Å². The number of rotatable bonds is 4. The number of oxazole rings is 1. The van der Waals surface area contributed by atoms with Gasteiger partial charge in [0.25, 0.3) is 5.91 Å². The van der Waals surface area contributed by atoms with Gasteiger partial charge in [0.15, 0.2) is 17.8 Å². The largest absolute Gasteiger partial charge is 0.443 e. The first-order valence-electron chi connectivity index (χ1n) is 7.23. The highest BCUT2D eigenvalue weighted by atomic mass is 19.4. The number of pyridine rings is 1. The number of hydrogen-bond donors (Lipinski definition) is 1. The van der Waals surface area contributed by atoms with E-state index in [1.165, 1.54) is 12.1 Å². The zero-order chi connectivity index (χ0) is 17.9. The number of aromatic nitrogens is 2. The standard InChI is InChI=1S/C17H12F3N3O2/c18-17(19,20)13-3-1-12(2-4-13)15-14(23-10-25-15)16(24)22-9-11-5-7-21-8-6-11/h1-8,10H,9H2,(H,22,24). The van der Waals surface area contributed by atoms with Gasteiger partial charge in [-0.2, -0.15) is 13.2 Å². The Kier molecular flexibility index (Phi) is 4.51. The lowest BCUT2D eigenvalue weighted by atomic mass is 10.1. The monoisotopic (exact) mass is 347 g/mol. The molecular formula is C17H12F3N3O2. The SMILES string of the molecule is O=C(NCc1ccncc1)c1ncoc1-c1ccc(C(F)(F)F)cc1. The minimum Gasteiger partial charge on any atom is -0.443 e. The minimum atomic E-state index is -4.43. The highest BCUT2D eigenvalue weighted by Crippen LogP contribution is 2.31. The summed E-state index contributed by atoms with van der Waals surface area (Å²) in [5.74, 6) is -0.374. The Bertz CT molecular complexity index is 859. The Morgan fingerprint density at radius 3 is 2.40 bits per heavy atom. The first-order chi connectivity index (χ1) is 11.9. The molecule has 0 saturated heterocycles. The average molecular weight is 347 g/mol. The molecule has 0 spiro atoms. The maximum Gasteiger partial charge on any atom is 0.416 e. The molecule has 3 rings (SSSR count). The van der Waals surface area contributed by atoms with E-state index in [-0.39, 0.29) is 18.0 Å². The third-order valence-electron chi connectivity index (χ3n) is 3.46. The first kappa shape index (κ1) is 16.7. The lowest BCUT2D eigenvalue weighted by Crippen LogP contribution is -2.23. The fourth-order valence-corrected chi connectivity index (χ4v) is 2.19. The maximum absolute atomic E-state index is 12.6. The van der Waals surface area contributed by atoms with Crippen LogP contribution in [0.25, 0.3) is 11.3 Å². The fourth-order valence-electron chi connectivity index (χ4n) is 2.19.